The Kier molecular flexibility index (Phi) is 5.04. The van der Waals surface area contributed by atoms with E-state index in [2.05, 4.69) is 10.5 Å². The van der Waals surface area contributed by atoms with Crippen LogP contribution in [0, 0.1) is 5.82 Å². The number of hydrazone groups is 1. The minimum atomic E-state index is -0.350. The Bertz CT molecular complexity index is 639. The molecule has 0 saturated heterocycles. The van der Waals surface area contributed by atoms with Crippen LogP contribution < -0.4 is 10.2 Å². The number of hydrogen-bond acceptors (Lipinski definition) is 3. The molecule has 2 aromatic carbocycles. The number of ether oxygens (including phenoxy) is 1. The van der Waals surface area contributed by atoms with Gasteiger partial charge in [-0.3, -0.25) is 4.79 Å². The Balaban J connectivity index is 1.95. The van der Waals surface area contributed by atoms with E-state index < -0.39 is 0 Å². The average molecular weight is 286 g/mol. The van der Waals surface area contributed by atoms with Crippen LogP contribution in [0.15, 0.2) is 53.6 Å². The highest BCUT2D eigenvalue weighted by atomic mass is 19.1. The zero-order valence-corrected chi connectivity index (χ0v) is 11.5. The first-order valence-electron chi connectivity index (χ1n) is 6.51. The van der Waals surface area contributed by atoms with Gasteiger partial charge in [0.05, 0.1) is 12.8 Å². The van der Waals surface area contributed by atoms with Gasteiger partial charge in [0.25, 0.3) is 5.91 Å². The summed E-state index contributed by atoms with van der Waals surface area (Å²) < 4.78 is 18.3. The summed E-state index contributed by atoms with van der Waals surface area (Å²) in [6.45, 7) is 2.46. The zero-order chi connectivity index (χ0) is 15.1. The van der Waals surface area contributed by atoms with Crippen LogP contribution in [-0.2, 0) is 0 Å². The lowest BCUT2D eigenvalue weighted by molar-refractivity contribution is 0.0955. The Morgan fingerprint density at radius 2 is 2.05 bits per heavy atom. The van der Waals surface area contributed by atoms with Crippen molar-refractivity contribution < 1.29 is 13.9 Å². The number of halogens is 1. The first-order valence-corrected chi connectivity index (χ1v) is 6.51. The van der Waals surface area contributed by atoms with Gasteiger partial charge in [-0.15, -0.1) is 0 Å². The summed E-state index contributed by atoms with van der Waals surface area (Å²) in [7, 11) is 0. The van der Waals surface area contributed by atoms with Gasteiger partial charge in [-0.2, -0.15) is 5.10 Å². The van der Waals surface area contributed by atoms with Gasteiger partial charge < -0.3 is 4.74 Å². The van der Waals surface area contributed by atoms with Crippen LogP contribution in [0.5, 0.6) is 5.75 Å². The summed E-state index contributed by atoms with van der Waals surface area (Å²) in [4.78, 5) is 11.8. The molecule has 0 aliphatic heterocycles. The molecule has 21 heavy (non-hydrogen) atoms. The Morgan fingerprint density at radius 1 is 1.29 bits per heavy atom. The minimum absolute atomic E-state index is 0.342. The highest BCUT2D eigenvalue weighted by Gasteiger charge is 2.03. The molecule has 0 atom stereocenters. The van der Waals surface area contributed by atoms with Crippen molar-refractivity contribution in [1.29, 1.82) is 0 Å². The number of nitrogens with zero attached hydrogens (tertiary/aromatic N) is 1. The van der Waals surface area contributed by atoms with Crippen LogP contribution in [0.25, 0.3) is 0 Å². The Labute approximate surface area is 122 Å². The molecule has 2 rings (SSSR count). The molecule has 5 heteroatoms. The number of hydrogen-bond donors (Lipinski definition) is 1. The second-order valence-corrected chi connectivity index (χ2v) is 4.21. The van der Waals surface area contributed by atoms with Crippen molar-refractivity contribution >= 4 is 12.1 Å². The third-order valence-electron chi connectivity index (χ3n) is 2.66. The van der Waals surface area contributed by atoms with E-state index in [9.17, 15) is 9.18 Å². The predicted octanol–water partition coefficient (Wildman–Crippen LogP) is 2.99. The van der Waals surface area contributed by atoms with Crippen molar-refractivity contribution in [2.24, 2.45) is 5.10 Å². The van der Waals surface area contributed by atoms with Gasteiger partial charge >= 0.3 is 0 Å². The third kappa shape index (κ3) is 4.42. The summed E-state index contributed by atoms with van der Waals surface area (Å²) in [5.74, 6) is 0.0137. The summed E-state index contributed by atoms with van der Waals surface area (Å²) >= 11 is 0. The molecule has 0 aliphatic carbocycles. The molecule has 0 spiro atoms. The minimum Gasteiger partial charge on any atom is -0.494 e. The zero-order valence-electron chi connectivity index (χ0n) is 11.5. The van der Waals surface area contributed by atoms with Crippen molar-refractivity contribution in [3.63, 3.8) is 0 Å². The smallest absolute Gasteiger partial charge is 0.271 e. The Morgan fingerprint density at radius 3 is 2.71 bits per heavy atom. The van der Waals surface area contributed by atoms with Gasteiger partial charge in [-0.1, -0.05) is 12.1 Å². The molecule has 0 aromatic heterocycles. The van der Waals surface area contributed by atoms with E-state index in [1.54, 1.807) is 36.4 Å². The van der Waals surface area contributed by atoms with E-state index in [0.717, 1.165) is 0 Å². The second-order valence-electron chi connectivity index (χ2n) is 4.21. The number of rotatable bonds is 5. The Hall–Kier alpha value is -2.69. The number of benzene rings is 2. The molecule has 0 aliphatic rings. The fraction of sp³-hybridized carbons (Fsp3) is 0.125. The fourth-order valence-electron chi connectivity index (χ4n) is 1.69. The molecule has 0 radical (unpaired) electrons. The highest BCUT2D eigenvalue weighted by Crippen LogP contribution is 2.11. The molecular formula is C16H15FN2O2. The molecule has 0 fully saturated rings. The maximum Gasteiger partial charge on any atom is 0.271 e. The monoisotopic (exact) mass is 286 g/mol. The molecule has 2 aromatic rings. The number of carbonyl (C=O) groups excluding carboxylic acids is 1. The van der Waals surface area contributed by atoms with Gasteiger partial charge in [0, 0.05) is 5.56 Å². The van der Waals surface area contributed by atoms with Crippen molar-refractivity contribution in [2.45, 2.75) is 6.92 Å². The molecule has 108 valence electrons. The molecule has 1 amide bonds. The number of amides is 1. The maximum absolute atomic E-state index is 13.0. The van der Waals surface area contributed by atoms with Gasteiger partial charge in [0.1, 0.15) is 11.6 Å². The quantitative estimate of drug-likeness (QED) is 0.678. The standard InChI is InChI=1S/C16H15FN2O2/c1-2-21-15-8-6-13(7-9-15)16(20)19-18-11-12-4-3-5-14(17)10-12/h3-11H,2H2,1H3,(H,19,20)/b18-11-. The van der Waals surface area contributed by atoms with Gasteiger partial charge in [0.2, 0.25) is 0 Å². The molecule has 1 N–H and O–H groups in total. The summed E-state index contributed by atoms with van der Waals surface area (Å²) in [5, 5.41) is 3.80. The van der Waals surface area contributed by atoms with E-state index >= 15 is 0 Å². The highest BCUT2D eigenvalue weighted by molar-refractivity contribution is 5.94. The SMILES string of the molecule is CCOc1ccc(C(=O)N/N=C\c2cccc(F)c2)cc1. The van der Waals surface area contributed by atoms with E-state index in [4.69, 9.17) is 4.74 Å². The lowest BCUT2D eigenvalue weighted by atomic mass is 10.2. The lowest BCUT2D eigenvalue weighted by Gasteiger charge is -2.04. The topological polar surface area (TPSA) is 50.7 Å². The number of nitrogens with one attached hydrogen (secondary N) is 1. The normalized spacial score (nSPS) is 10.6. The average Bonchev–Trinajstić information content (AvgIpc) is 2.48. The molecule has 0 bridgehead atoms. The molecule has 0 heterocycles. The summed E-state index contributed by atoms with van der Waals surface area (Å²) in [6, 6.07) is 12.7. The van der Waals surface area contributed by atoms with Crippen LogP contribution in [0.1, 0.15) is 22.8 Å². The van der Waals surface area contributed by atoms with E-state index in [0.29, 0.717) is 23.5 Å². The van der Waals surface area contributed by atoms with Crippen LogP contribution in [-0.4, -0.2) is 18.7 Å². The van der Waals surface area contributed by atoms with Crippen molar-refractivity contribution in [3.05, 3.63) is 65.5 Å². The molecule has 0 saturated carbocycles. The summed E-state index contributed by atoms with van der Waals surface area (Å²) in [6.07, 6.45) is 1.38. The first-order chi connectivity index (χ1) is 10.2. The van der Waals surface area contributed by atoms with Gasteiger partial charge in [0.15, 0.2) is 0 Å². The molecular weight excluding hydrogens is 271 g/mol. The first kappa shape index (κ1) is 14.7. The number of carbonyl (C=O) groups is 1. The van der Waals surface area contributed by atoms with Gasteiger partial charge in [-0.25, -0.2) is 9.82 Å². The third-order valence-corrected chi connectivity index (χ3v) is 2.66. The van der Waals surface area contributed by atoms with Crippen LogP contribution in [0.3, 0.4) is 0 Å². The van der Waals surface area contributed by atoms with Gasteiger partial charge in [-0.05, 0) is 48.9 Å². The largest absolute Gasteiger partial charge is 0.494 e. The maximum atomic E-state index is 13.0. The van der Waals surface area contributed by atoms with Crippen molar-refractivity contribution in [3.8, 4) is 5.75 Å². The lowest BCUT2D eigenvalue weighted by Crippen LogP contribution is -2.17. The molecule has 0 unspecified atom stereocenters. The van der Waals surface area contributed by atoms with Crippen LogP contribution >= 0.6 is 0 Å². The predicted molar refractivity (Wildman–Crippen MR) is 79.1 cm³/mol. The fourth-order valence-corrected chi connectivity index (χ4v) is 1.69. The van der Waals surface area contributed by atoms with Crippen molar-refractivity contribution in [1.82, 2.24) is 5.43 Å². The van der Waals surface area contributed by atoms with E-state index in [1.807, 2.05) is 6.92 Å². The van der Waals surface area contributed by atoms with Crippen LogP contribution in [0.2, 0.25) is 0 Å². The second kappa shape index (κ2) is 7.19. The molecule has 4 nitrogen and oxygen atoms in total. The summed E-state index contributed by atoms with van der Waals surface area (Å²) in [5.41, 5.74) is 3.42. The van der Waals surface area contributed by atoms with Crippen LogP contribution in [0.4, 0.5) is 4.39 Å². The van der Waals surface area contributed by atoms with E-state index in [-0.39, 0.29) is 11.7 Å². The van der Waals surface area contributed by atoms with E-state index in [1.165, 1.54) is 18.3 Å². The van der Waals surface area contributed by atoms with Crippen molar-refractivity contribution in [2.75, 3.05) is 6.61 Å².